The van der Waals surface area contributed by atoms with E-state index in [1.54, 1.807) is 0 Å². The van der Waals surface area contributed by atoms with Gasteiger partial charge in [0.25, 0.3) is 0 Å². The van der Waals surface area contributed by atoms with E-state index in [1.165, 1.54) is 32.1 Å². The lowest BCUT2D eigenvalue weighted by Gasteiger charge is -2.01. The van der Waals surface area contributed by atoms with Crippen molar-refractivity contribution in [1.82, 2.24) is 0 Å². The molecule has 9 heavy (non-hydrogen) atoms. The van der Waals surface area contributed by atoms with Gasteiger partial charge in [0.05, 0.1) is 0 Å². The fourth-order valence-electron chi connectivity index (χ4n) is 1.53. The quantitative estimate of drug-likeness (QED) is 0.529. The zero-order valence-corrected chi connectivity index (χ0v) is 5.97. The predicted molar refractivity (Wildman–Crippen MR) is 41.1 cm³/mol. The summed E-state index contributed by atoms with van der Waals surface area (Å²) in [4.78, 5) is 0. The molecule has 0 N–H and O–H groups in total. The highest BCUT2D eigenvalue weighted by molar-refractivity contribution is 4.86. The van der Waals surface area contributed by atoms with Gasteiger partial charge in [0, 0.05) is 0 Å². The summed E-state index contributed by atoms with van der Waals surface area (Å²) in [5.41, 5.74) is 0. The minimum Gasteiger partial charge on any atom is -0.0883 e. The maximum absolute atomic E-state index is 3.67. The SMILES string of the molecule is [CH2]/C=C/CC1CCCC1. The van der Waals surface area contributed by atoms with Crippen molar-refractivity contribution in [2.24, 2.45) is 5.92 Å². The standard InChI is InChI=1S/C9H15/c1-2-3-6-9-7-4-5-8-9/h2-3,9H,1,4-8H2/b3-2+. The minimum atomic E-state index is 0.989. The van der Waals surface area contributed by atoms with Crippen LogP contribution in [0.1, 0.15) is 32.1 Å². The normalized spacial score (nSPS) is 21.9. The Hall–Kier alpha value is -0.260. The lowest BCUT2D eigenvalue weighted by atomic mass is 10.0. The maximum Gasteiger partial charge on any atom is -0.0316 e. The first-order chi connectivity index (χ1) is 4.43. The van der Waals surface area contributed by atoms with Gasteiger partial charge in [-0.15, -0.1) is 0 Å². The van der Waals surface area contributed by atoms with Gasteiger partial charge in [-0.1, -0.05) is 37.8 Å². The zero-order valence-electron chi connectivity index (χ0n) is 5.97. The fraction of sp³-hybridized carbons (Fsp3) is 0.667. The highest BCUT2D eigenvalue weighted by Crippen LogP contribution is 2.27. The van der Waals surface area contributed by atoms with Crippen LogP contribution in [0.3, 0.4) is 0 Å². The van der Waals surface area contributed by atoms with Gasteiger partial charge in [0.2, 0.25) is 0 Å². The van der Waals surface area contributed by atoms with Crippen LogP contribution < -0.4 is 0 Å². The Morgan fingerprint density at radius 2 is 2.00 bits per heavy atom. The monoisotopic (exact) mass is 123 g/mol. The first kappa shape index (κ1) is 6.85. The minimum absolute atomic E-state index is 0.989. The van der Waals surface area contributed by atoms with Gasteiger partial charge in [-0.25, -0.2) is 0 Å². The molecule has 1 rings (SSSR count). The summed E-state index contributed by atoms with van der Waals surface area (Å²) in [6.07, 6.45) is 11.2. The van der Waals surface area contributed by atoms with Crippen molar-refractivity contribution >= 4 is 0 Å². The van der Waals surface area contributed by atoms with Gasteiger partial charge in [-0.3, -0.25) is 0 Å². The van der Waals surface area contributed by atoms with Crippen LogP contribution in [0, 0.1) is 12.8 Å². The molecule has 0 nitrogen and oxygen atoms in total. The topological polar surface area (TPSA) is 0 Å². The van der Waals surface area contributed by atoms with Gasteiger partial charge in [-0.2, -0.15) is 0 Å². The molecule has 0 amide bonds. The van der Waals surface area contributed by atoms with Crippen LogP contribution in [0.2, 0.25) is 0 Å². The molecule has 0 unspecified atom stereocenters. The van der Waals surface area contributed by atoms with Gasteiger partial charge < -0.3 is 0 Å². The van der Waals surface area contributed by atoms with Gasteiger partial charge in [-0.05, 0) is 19.3 Å². The van der Waals surface area contributed by atoms with Crippen molar-refractivity contribution in [2.45, 2.75) is 32.1 Å². The molecule has 0 heterocycles. The zero-order chi connectivity index (χ0) is 6.53. The second-order valence-corrected chi connectivity index (χ2v) is 2.86. The summed E-state index contributed by atoms with van der Waals surface area (Å²) in [6.45, 7) is 3.67. The Morgan fingerprint density at radius 3 is 2.56 bits per heavy atom. The average Bonchev–Trinajstić information content (AvgIpc) is 2.34. The number of hydrogen-bond acceptors (Lipinski definition) is 0. The van der Waals surface area contributed by atoms with Crippen LogP contribution in [-0.2, 0) is 0 Å². The molecule has 1 saturated carbocycles. The molecule has 0 heteroatoms. The third-order valence-electron chi connectivity index (χ3n) is 2.11. The molecule has 0 aromatic rings. The van der Waals surface area contributed by atoms with Crippen molar-refractivity contribution in [3.8, 4) is 0 Å². The molecule has 1 radical (unpaired) electrons. The molecule has 1 aliphatic rings. The van der Waals surface area contributed by atoms with Gasteiger partial charge in [0.15, 0.2) is 0 Å². The smallest absolute Gasteiger partial charge is 0.0316 e. The number of allylic oxidation sites excluding steroid dienone is 2. The highest BCUT2D eigenvalue weighted by Gasteiger charge is 2.12. The Bertz CT molecular complexity index is 86.2. The molecule has 51 valence electrons. The van der Waals surface area contributed by atoms with E-state index < -0.39 is 0 Å². The molecule has 0 atom stereocenters. The van der Waals surface area contributed by atoms with Crippen LogP contribution in [0.25, 0.3) is 0 Å². The number of hydrogen-bond donors (Lipinski definition) is 0. The third-order valence-corrected chi connectivity index (χ3v) is 2.11. The molecule has 0 aromatic carbocycles. The second kappa shape index (κ2) is 3.71. The van der Waals surface area contributed by atoms with E-state index in [4.69, 9.17) is 0 Å². The lowest BCUT2D eigenvalue weighted by Crippen LogP contribution is -1.88. The Labute approximate surface area is 58.0 Å². The average molecular weight is 123 g/mol. The van der Waals surface area contributed by atoms with Gasteiger partial charge in [0.1, 0.15) is 0 Å². The fourth-order valence-corrected chi connectivity index (χ4v) is 1.53. The van der Waals surface area contributed by atoms with E-state index in [2.05, 4.69) is 13.0 Å². The maximum atomic E-state index is 3.67. The van der Waals surface area contributed by atoms with Crippen molar-refractivity contribution in [1.29, 1.82) is 0 Å². The molecular weight excluding hydrogens is 108 g/mol. The van der Waals surface area contributed by atoms with Crippen LogP contribution >= 0.6 is 0 Å². The highest BCUT2D eigenvalue weighted by atomic mass is 14.2. The molecule has 0 bridgehead atoms. The predicted octanol–water partition coefficient (Wildman–Crippen LogP) is 2.96. The summed E-state index contributed by atoms with van der Waals surface area (Å²) in [5, 5.41) is 0. The third kappa shape index (κ3) is 2.21. The van der Waals surface area contributed by atoms with Crippen LogP contribution in [0.5, 0.6) is 0 Å². The Morgan fingerprint density at radius 1 is 1.33 bits per heavy atom. The molecule has 0 aliphatic heterocycles. The van der Waals surface area contributed by atoms with Crippen LogP contribution in [0.15, 0.2) is 12.2 Å². The molecule has 1 fully saturated rings. The molecular formula is C9H15. The van der Waals surface area contributed by atoms with E-state index in [0.717, 1.165) is 5.92 Å². The van der Waals surface area contributed by atoms with E-state index in [1.807, 2.05) is 6.08 Å². The first-order valence-corrected chi connectivity index (χ1v) is 3.87. The first-order valence-electron chi connectivity index (χ1n) is 3.87. The summed E-state index contributed by atoms with van der Waals surface area (Å²) in [6, 6.07) is 0. The van der Waals surface area contributed by atoms with E-state index >= 15 is 0 Å². The molecule has 0 aromatic heterocycles. The van der Waals surface area contributed by atoms with Crippen molar-refractivity contribution in [2.75, 3.05) is 0 Å². The Kier molecular flexibility index (Phi) is 2.82. The van der Waals surface area contributed by atoms with Crippen LogP contribution in [0.4, 0.5) is 0 Å². The van der Waals surface area contributed by atoms with Crippen molar-refractivity contribution in [3.63, 3.8) is 0 Å². The lowest BCUT2D eigenvalue weighted by molar-refractivity contribution is 0.558. The summed E-state index contributed by atoms with van der Waals surface area (Å²) in [7, 11) is 0. The van der Waals surface area contributed by atoms with Gasteiger partial charge >= 0.3 is 0 Å². The summed E-state index contributed by atoms with van der Waals surface area (Å²) >= 11 is 0. The largest absolute Gasteiger partial charge is 0.0883 e. The van der Waals surface area contributed by atoms with E-state index in [0.29, 0.717) is 0 Å². The molecule has 1 aliphatic carbocycles. The Balaban J connectivity index is 2.11. The number of rotatable bonds is 2. The van der Waals surface area contributed by atoms with Crippen LogP contribution in [-0.4, -0.2) is 0 Å². The van der Waals surface area contributed by atoms with Crippen molar-refractivity contribution < 1.29 is 0 Å². The van der Waals surface area contributed by atoms with E-state index in [-0.39, 0.29) is 0 Å². The second-order valence-electron chi connectivity index (χ2n) is 2.86. The molecule has 0 spiro atoms. The summed E-state index contributed by atoms with van der Waals surface area (Å²) in [5.74, 6) is 0.989. The molecule has 0 saturated heterocycles. The van der Waals surface area contributed by atoms with E-state index in [9.17, 15) is 0 Å². The van der Waals surface area contributed by atoms with Crippen molar-refractivity contribution in [3.05, 3.63) is 19.1 Å². The summed E-state index contributed by atoms with van der Waals surface area (Å²) < 4.78 is 0.